The maximum Gasteiger partial charge on any atom is 0.338 e. The smallest absolute Gasteiger partial charge is 0.338 e. The standard InChI is InChI=1S/C22H31N3O3/c1-5-28-21(26)19-18(13-25-11-15(3)10-16(4)12-25)23-22(27)24-20(19)17-8-6-14(2)7-9-17/h6-9,15-16,20H,5,10-13H2,1-4H3,(H2,23,24,27). The zero-order valence-electron chi connectivity index (χ0n) is 17.2. The Balaban J connectivity index is 1.96. The predicted molar refractivity (Wildman–Crippen MR) is 109 cm³/mol. The highest BCUT2D eigenvalue weighted by atomic mass is 16.5. The van der Waals surface area contributed by atoms with Crippen LogP contribution < -0.4 is 10.6 Å². The molecule has 0 saturated carbocycles. The summed E-state index contributed by atoms with van der Waals surface area (Å²) in [5.74, 6) is 0.815. The van der Waals surface area contributed by atoms with Gasteiger partial charge in [0.15, 0.2) is 0 Å². The van der Waals surface area contributed by atoms with Gasteiger partial charge in [0.05, 0.1) is 18.2 Å². The first-order valence-corrected chi connectivity index (χ1v) is 10.1. The van der Waals surface area contributed by atoms with E-state index in [1.165, 1.54) is 6.42 Å². The van der Waals surface area contributed by atoms with Gasteiger partial charge in [-0.3, -0.25) is 4.90 Å². The summed E-state index contributed by atoms with van der Waals surface area (Å²) in [6.07, 6.45) is 1.21. The van der Waals surface area contributed by atoms with E-state index in [9.17, 15) is 9.59 Å². The molecule has 28 heavy (non-hydrogen) atoms. The average molecular weight is 386 g/mol. The number of amides is 2. The third-order valence-corrected chi connectivity index (χ3v) is 5.39. The first-order chi connectivity index (χ1) is 13.4. The molecule has 2 N–H and O–H groups in total. The molecule has 0 bridgehead atoms. The molecule has 2 amide bonds. The van der Waals surface area contributed by atoms with E-state index >= 15 is 0 Å². The lowest BCUT2D eigenvalue weighted by Gasteiger charge is -2.37. The Morgan fingerprint density at radius 2 is 1.82 bits per heavy atom. The number of nitrogens with one attached hydrogen (secondary N) is 2. The Labute approximate surface area is 167 Å². The summed E-state index contributed by atoms with van der Waals surface area (Å²) in [5.41, 5.74) is 3.15. The Morgan fingerprint density at radius 3 is 2.43 bits per heavy atom. The number of piperidine rings is 1. The molecule has 0 spiro atoms. The van der Waals surface area contributed by atoms with E-state index in [2.05, 4.69) is 29.4 Å². The Hall–Kier alpha value is -2.34. The van der Waals surface area contributed by atoms with Gasteiger partial charge in [-0.1, -0.05) is 43.7 Å². The molecule has 2 aliphatic rings. The Morgan fingerprint density at radius 1 is 1.18 bits per heavy atom. The van der Waals surface area contributed by atoms with E-state index in [0.29, 0.717) is 36.3 Å². The SMILES string of the molecule is CCOC(=O)C1=C(CN2CC(C)CC(C)C2)NC(=O)NC1c1ccc(C)cc1. The molecule has 1 aromatic rings. The fourth-order valence-corrected chi connectivity index (χ4v) is 4.35. The molecule has 1 fully saturated rings. The highest BCUT2D eigenvalue weighted by molar-refractivity contribution is 5.95. The summed E-state index contributed by atoms with van der Waals surface area (Å²) in [5, 5.41) is 5.78. The van der Waals surface area contributed by atoms with Gasteiger partial charge in [0.25, 0.3) is 0 Å². The zero-order valence-corrected chi connectivity index (χ0v) is 17.2. The lowest BCUT2D eigenvalue weighted by atomic mass is 9.91. The van der Waals surface area contributed by atoms with Crippen molar-refractivity contribution in [2.24, 2.45) is 11.8 Å². The van der Waals surface area contributed by atoms with Crippen LogP contribution in [0.3, 0.4) is 0 Å². The largest absolute Gasteiger partial charge is 0.463 e. The number of benzene rings is 1. The van der Waals surface area contributed by atoms with Crippen LogP contribution in [0.2, 0.25) is 0 Å². The maximum atomic E-state index is 12.8. The van der Waals surface area contributed by atoms with E-state index in [4.69, 9.17) is 4.74 Å². The number of carbonyl (C=O) groups is 2. The molecule has 2 aliphatic heterocycles. The maximum absolute atomic E-state index is 12.8. The molecule has 152 valence electrons. The molecule has 1 saturated heterocycles. The van der Waals surface area contributed by atoms with Crippen LogP contribution in [0.5, 0.6) is 0 Å². The lowest BCUT2D eigenvalue weighted by molar-refractivity contribution is -0.139. The lowest BCUT2D eigenvalue weighted by Crippen LogP contribution is -2.50. The van der Waals surface area contributed by atoms with Gasteiger partial charge < -0.3 is 15.4 Å². The van der Waals surface area contributed by atoms with Crippen molar-refractivity contribution >= 4 is 12.0 Å². The monoisotopic (exact) mass is 385 g/mol. The molecule has 3 rings (SSSR count). The molecule has 6 nitrogen and oxygen atoms in total. The second-order valence-corrected chi connectivity index (χ2v) is 8.19. The number of nitrogens with zero attached hydrogens (tertiary/aromatic N) is 1. The second-order valence-electron chi connectivity index (χ2n) is 8.19. The quantitative estimate of drug-likeness (QED) is 0.764. The minimum atomic E-state index is -0.511. The highest BCUT2D eigenvalue weighted by Gasteiger charge is 2.35. The molecule has 3 unspecified atom stereocenters. The van der Waals surface area contributed by atoms with Gasteiger partial charge in [-0.15, -0.1) is 0 Å². The van der Waals surface area contributed by atoms with Crippen LogP contribution in [-0.2, 0) is 9.53 Å². The number of aryl methyl sites for hydroxylation is 1. The van der Waals surface area contributed by atoms with Crippen LogP contribution in [0.4, 0.5) is 4.79 Å². The fourth-order valence-electron chi connectivity index (χ4n) is 4.35. The summed E-state index contributed by atoms with van der Waals surface area (Å²) in [6, 6.07) is 7.08. The molecule has 0 radical (unpaired) electrons. The first kappa shape index (κ1) is 20.4. The highest BCUT2D eigenvalue weighted by Crippen LogP contribution is 2.29. The average Bonchev–Trinajstić information content (AvgIpc) is 2.61. The predicted octanol–water partition coefficient (Wildman–Crippen LogP) is 3.14. The van der Waals surface area contributed by atoms with Crippen molar-refractivity contribution < 1.29 is 14.3 Å². The Bertz CT molecular complexity index is 747. The third kappa shape index (κ3) is 4.73. The molecule has 6 heteroatoms. The number of urea groups is 1. The number of likely N-dealkylation sites (tertiary alicyclic amines) is 1. The molecule has 1 aromatic carbocycles. The van der Waals surface area contributed by atoms with Crippen LogP contribution in [0, 0.1) is 18.8 Å². The molecular formula is C22H31N3O3. The van der Waals surface area contributed by atoms with Gasteiger partial charge >= 0.3 is 12.0 Å². The van der Waals surface area contributed by atoms with Crippen molar-refractivity contribution in [3.05, 3.63) is 46.7 Å². The van der Waals surface area contributed by atoms with Crippen molar-refractivity contribution in [1.29, 1.82) is 0 Å². The number of hydrogen-bond acceptors (Lipinski definition) is 4. The zero-order chi connectivity index (χ0) is 20.3. The van der Waals surface area contributed by atoms with E-state index in [-0.39, 0.29) is 12.0 Å². The minimum Gasteiger partial charge on any atom is -0.463 e. The topological polar surface area (TPSA) is 70.7 Å². The third-order valence-electron chi connectivity index (χ3n) is 5.39. The number of hydrogen-bond donors (Lipinski definition) is 2. The van der Waals surface area contributed by atoms with Crippen LogP contribution in [0.1, 0.15) is 44.4 Å². The van der Waals surface area contributed by atoms with Crippen LogP contribution in [0.25, 0.3) is 0 Å². The Kier molecular flexibility index (Phi) is 6.39. The van der Waals surface area contributed by atoms with Gasteiger partial charge in [-0.05, 0) is 37.7 Å². The molecule has 0 aromatic heterocycles. The van der Waals surface area contributed by atoms with Gasteiger partial charge in [0, 0.05) is 25.3 Å². The van der Waals surface area contributed by atoms with E-state index in [1.807, 2.05) is 31.2 Å². The minimum absolute atomic E-state index is 0.285. The van der Waals surface area contributed by atoms with Crippen molar-refractivity contribution in [3.8, 4) is 0 Å². The summed E-state index contributed by atoms with van der Waals surface area (Å²) < 4.78 is 5.35. The summed E-state index contributed by atoms with van der Waals surface area (Å²) >= 11 is 0. The molecule has 2 heterocycles. The first-order valence-electron chi connectivity index (χ1n) is 10.1. The summed E-state index contributed by atoms with van der Waals surface area (Å²) in [6.45, 7) is 11.1. The summed E-state index contributed by atoms with van der Waals surface area (Å²) in [4.78, 5) is 27.6. The number of esters is 1. The van der Waals surface area contributed by atoms with Gasteiger partial charge in [0.2, 0.25) is 0 Å². The van der Waals surface area contributed by atoms with Crippen molar-refractivity contribution in [3.63, 3.8) is 0 Å². The van der Waals surface area contributed by atoms with Gasteiger partial charge in [-0.25, -0.2) is 9.59 Å². The van der Waals surface area contributed by atoms with Gasteiger partial charge in [0.1, 0.15) is 0 Å². The van der Waals surface area contributed by atoms with Crippen molar-refractivity contribution in [2.75, 3.05) is 26.2 Å². The summed E-state index contributed by atoms with van der Waals surface area (Å²) in [7, 11) is 0. The van der Waals surface area contributed by atoms with Crippen LogP contribution in [-0.4, -0.2) is 43.1 Å². The van der Waals surface area contributed by atoms with Gasteiger partial charge in [-0.2, -0.15) is 0 Å². The van der Waals surface area contributed by atoms with Crippen LogP contribution >= 0.6 is 0 Å². The van der Waals surface area contributed by atoms with E-state index < -0.39 is 6.04 Å². The number of rotatable bonds is 5. The molecular weight excluding hydrogens is 354 g/mol. The van der Waals surface area contributed by atoms with E-state index in [1.54, 1.807) is 6.92 Å². The number of carbonyl (C=O) groups excluding carboxylic acids is 2. The van der Waals surface area contributed by atoms with Crippen molar-refractivity contribution in [1.82, 2.24) is 15.5 Å². The second kappa shape index (κ2) is 8.78. The van der Waals surface area contributed by atoms with Crippen LogP contribution in [0.15, 0.2) is 35.5 Å². The van der Waals surface area contributed by atoms with Crippen molar-refractivity contribution in [2.45, 2.75) is 40.2 Å². The molecule has 3 atom stereocenters. The normalized spacial score (nSPS) is 25.9. The van der Waals surface area contributed by atoms with E-state index in [0.717, 1.165) is 24.2 Å². The fraction of sp³-hybridized carbons (Fsp3) is 0.545. The number of ether oxygens (including phenoxy) is 1. The molecule has 0 aliphatic carbocycles.